The van der Waals surface area contributed by atoms with E-state index < -0.39 is 0 Å². The van der Waals surface area contributed by atoms with Crippen LogP contribution in [0.5, 0.6) is 5.75 Å². The number of hydrogen-bond acceptors (Lipinski definition) is 2. The zero-order valence-electron chi connectivity index (χ0n) is 10.2. The molecule has 0 aromatic heterocycles. The summed E-state index contributed by atoms with van der Waals surface area (Å²) in [7, 11) is 0. The summed E-state index contributed by atoms with van der Waals surface area (Å²) in [5, 5.41) is 0. The third-order valence-electron chi connectivity index (χ3n) is 2.41. The lowest BCUT2D eigenvalue weighted by molar-refractivity contribution is 0.228. The van der Waals surface area contributed by atoms with Gasteiger partial charge in [0.25, 0.3) is 0 Å². The van der Waals surface area contributed by atoms with Crippen molar-refractivity contribution in [3.63, 3.8) is 0 Å². The van der Waals surface area contributed by atoms with Crippen molar-refractivity contribution in [2.45, 2.75) is 45.8 Å². The van der Waals surface area contributed by atoms with Crippen LogP contribution < -0.4 is 10.5 Å². The van der Waals surface area contributed by atoms with Gasteiger partial charge in [0.05, 0.1) is 6.10 Å². The number of nitrogens with two attached hydrogens (primary N) is 1. The molecule has 0 saturated heterocycles. The van der Waals surface area contributed by atoms with E-state index in [0.717, 1.165) is 12.0 Å². The summed E-state index contributed by atoms with van der Waals surface area (Å²) in [5.74, 6) is 0.0379. The number of hydrogen-bond donors (Lipinski definition) is 1. The molecule has 0 spiro atoms. The molecule has 0 bridgehead atoms. The van der Waals surface area contributed by atoms with E-state index in [2.05, 4.69) is 0 Å². The van der Waals surface area contributed by atoms with Crippen molar-refractivity contribution in [3.8, 4) is 5.75 Å². The molecule has 3 heteroatoms. The summed E-state index contributed by atoms with van der Waals surface area (Å²) in [4.78, 5) is 0. The van der Waals surface area contributed by atoms with Crippen LogP contribution in [0.1, 0.15) is 32.8 Å². The minimum atomic E-state index is -0.311. The number of rotatable bonds is 5. The van der Waals surface area contributed by atoms with E-state index in [9.17, 15) is 4.39 Å². The molecule has 0 aliphatic rings. The lowest BCUT2D eigenvalue weighted by Gasteiger charge is -2.17. The van der Waals surface area contributed by atoms with Crippen LogP contribution >= 0.6 is 0 Å². The quantitative estimate of drug-likeness (QED) is 0.836. The first-order chi connectivity index (χ1) is 7.54. The predicted octanol–water partition coefficient (Wildman–Crippen LogP) is 2.89. The molecule has 0 radical (unpaired) electrons. The fourth-order valence-corrected chi connectivity index (χ4v) is 1.51. The minimum Gasteiger partial charge on any atom is -0.488 e. The van der Waals surface area contributed by atoms with Crippen molar-refractivity contribution in [2.24, 2.45) is 5.73 Å². The van der Waals surface area contributed by atoms with Crippen LogP contribution in [0.4, 0.5) is 4.39 Å². The second-order valence-corrected chi connectivity index (χ2v) is 4.27. The van der Waals surface area contributed by atoms with Crippen molar-refractivity contribution in [2.75, 3.05) is 0 Å². The van der Waals surface area contributed by atoms with Gasteiger partial charge in [-0.15, -0.1) is 0 Å². The van der Waals surface area contributed by atoms with Gasteiger partial charge in [-0.25, -0.2) is 4.39 Å². The first-order valence-electron chi connectivity index (χ1n) is 5.74. The Kier molecular flexibility index (Phi) is 4.74. The summed E-state index contributed by atoms with van der Waals surface area (Å²) in [6, 6.07) is 5.03. The Morgan fingerprint density at radius 3 is 2.62 bits per heavy atom. The van der Waals surface area contributed by atoms with Crippen LogP contribution in [0.25, 0.3) is 0 Å². The second-order valence-electron chi connectivity index (χ2n) is 4.27. The fraction of sp³-hybridized carbons (Fsp3) is 0.538. The van der Waals surface area contributed by atoms with E-state index in [1.54, 1.807) is 6.07 Å². The minimum absolute atomic E-state index is 0.0338. The maximum absolute atomic E-state index is 13.6. The molecule has 16 heavy (non-hydrogen) atoms. The van der Waals surface area contributed by atoms with Gasteiger partial charge in [-0.2, -0.15) is 0 Å². The lowest BCUT2D eigenvalue weighted by atomic mass is 10.0. The summed E-state index contributed by atoms with van der Waals surface area (Å²) in [6.07, 6.45) is 1.49. The summed E-state index contributed by atoms with van der Waals surface area (Å²) >= 11 is 0. The van der Waals surface area contributed by atoms with E-state index in [1.165, 1.54) is 6.07 Å². The topological polar surface area (TPSA) is 35.2 Å². The first kappa shape index (κ1) is 13.0. The molecule has 0 aliphatic carbocycles. The van der Waals surface area contributed by atoms with E-state index in [-0.39, 0.29) is 18.0 Å². The maximum Gasteiger partial charge on any atom is 0.165 e. The molecule has 1 rings (SSSR count). The van der Waals surface area contributed by atoms with Gasteiger partial charge in [0.1, 0.15) is 0 Å². The van der Waals surface area contributed by atoms with Crippen LogP contribution in [0.2, 0.25) is 0 Å². The molecule has 90 valence electrons. The molecule has 1 aromatic carbocycles. The Morgan fingerprint density at radius 2 is 2.06 bits per heavy atom. The molecule has 1 aromatic rings. The van der Waals surface area contributed by atoms with E-state index in [1.807, 2.05) is 26.8 Å². The molecule has 0 fully saturated rings. The van der Waals surface area contributed by atoms with Crippen molar-refractivity contribution >= 4 is 0 Å². The zero-order valence-corrected chi connectivity index (χ0v) is 10.2. The van der Waals surface area contributed by atoms with Gasteiger partial charge >= 0.3 is 0 Å². The number of para-hydroxylation sites is 1. The van der Waals surface area contributed by atoms with E-state index in [0.29, 0.717) is 12.2 Å². The highest BCUT2D eigenvalue weighted by molar-refractivity contribution is 5.35. The Bertz CT molecular complexity index is 339. The van der Waals surface area contributed by atoms with Crippen molar-refractivity contribution < 1.29 is 9.13 Å². The van der Waals surface area contributed by atoms with Gasteiger partial charge in [0, 0.05) is 6.04 Å². The highest BCUT2D eigenvalue weighted by atomic mass is 19.1. The Labute approximate surface area is 96.6 Å². The Hall–Kier alpha value is -1.09. The van der Waals surface area contributed by atoms with Crippen LogP contribution in [0.15, 0.2) is 18.2 Å². The van der Waals surface area contributed by atoms with Gasteiger partial charge in [-0.1, -0.05) is 19.1 Å². The van der Waals surface area contributed by atoms with Gasteiger partial charge in [-0.05, 0) is 38.3 Å². The van der Waals surface area contributed by atoms with E-state index in [4.69, 9.17) is 10.5 Å². The summed E-state index contributed by atoms with van der Waals surface area (Å²) < 4.78 is 19.1. The van der Waals surface area contributed by atoms with Gasteiger partial charge in [0.15, 0.2) is 11.6 Å². The number of ether oxygens (including phenoxy) is 1. The number of benzene rings is 1. The van der Waals surface area contributed by atoms with Crippen LogP contribution in [-0.4, -0.2) is 12.1 Å². The summed E-state index contributed by atoms with van der Waals surface area (Å²) in [6.45, 7) is 5.79. The van der Waals surface area contributed by atoms with Crippen molar-refractivity contribution in [3.05, 3.63) is 29.6 Å². The molecule has 0 aliphatic heterocycles. The molecular formula is C13H20FNO. The highest BCUT2D eigenvalue weighted by Gasteiger charge is 2.13. The molecule has 0 amide bonds. The zero-order chi connectivity index (χ0) is 12.1. The summed E-state index contributed by atoms with van der Waals surface area (Å²) in [5.41, 5.74) is 6.73. The average molecular weight is 225 g/mol. The third-order valence-corrected chi connectivity index (χ3v) is 2.41. The molecule has 2 nitrogen and oxygen atoms in total. The SMILES string of the molecule is CCC(N)Cc1cccc(F)c1OC(C)C. The molecule has 0 heterocycles. The molecule has 1 unspecified atom stereocenters. The van der Waals surface area contributed by atoms with Crippen LogP contribution in [-0.2, 0) is 6.42 Å². The van der Waals surface area contributed by atoms with Crippen LogP contribution in [0, 0.1) is 5.82 Å². The smallest absolute Gasteiger partial charge is 0.165 e. The normalized spacial score (nSPS) is 12.9. The molecule has 2 N–H and O–H groups in total. The standard InChI is InChI=1S/C13H20FNO/c1-4-11(15)8-10-6-5-7-12(14)13(10)16-9(2)3/h5-7,9,11H,4,8,15H2,1-3H3. The molecule has 0 saturated carbocycles. The highest BCUT2D eigenvalue weighted by Crippen LogP contribution is 2.25. The van der Waals surface area contributed by atoms with Crippen LogP contribution in [0.3, 0.4) is 0 Å². The molecule has 1 atom stereocenters. The van der Waals surface area contributed by atoms with Crippen molar-refractivity contribution in [1.82, 2.24) is 0 Å². The van der Waals surface area contributed by atoms with E-state index >= 15 is 0 Å². The fourth-order valence-electron chi connectivity index (χ4n) is 1.51. The largest absolute Gasteiger partial charge is 0.488 e. The molecular weight excluding hydrogens is 205 g/mol. The Balaban J connectivity index is 2.93. The average Bonchev–Trinajstić information content (AvgIpc) is 2.22. The Morgan fingerprint density at radius 1 is 1.38 bits per heavy atom. The van der Waals surface area contributed by atoms with Gasteiger partial charge < -0.3 is 10.5 Å². The first-order valence-corrected chi connectivity index (χ1v) is 5.74. The van der Waals surface area contributed by atoms with Crippen molar-refractivity contribution in [1.29, 1.82) is 0 Å². The van der Waals surface area contributed by atoms with Gasteiger partial charge in [0.2, 0.25) is 0 Å². The number of halogens is 1. The lowest BCUT2D eigenvalue weighted by Crippen LogP contribution is -2.22. The third kappa shape index (κ3) is 3.49. The second kappa shape index (κ2) is 5.85. The predicted molar refractivity (Wildman–Crippen MR) is 64.1 cm³/mol. The van der Waals surface area contributed by atoms with Gasteiger partial charge in [-0.3, -0.25) is 0 Å². The monoisotopic (exact) mass is 225 g/mol. The maximum atomic E-state index is 13.6.